The summed E-state index contributed by atoms with van der Waals surface area (Å²) in [6.07, 6.45) is -1.33. The van der Waals surface area contributed by atoms with Gasteiger partial charge in [-0.05, 0) is 66.1 Å². The number of halogens is 2. The van der Waals surface area contributed by atoms with E-state index in [1.165, 1.54) is 0 Å². The van der Waals surface area contributed by atoms with E-state index in [1.807, 2.05) is 0 Å². The summed E-state index contributed by atoms with van der Waals surface area (Å²) in [5.74, 6) is 0.199. The van der Waals surface area contributed by atoms with Gasteiger partial charge in [0.25, 0.3) is 0 Å². The number of benzene rings is 1. The third kappa shape index (κ3) is 12.6. The highest BCUT2D eigenvalue weighted by atomic mass is 35.5. The lowest BCUT2D eigenvalue weighted by atomic mass is 9.97. The van der Waals surface area contributed by atoms with Crippen molar-refractivity contribution in [3.05, 3.63) is 27.7 Å². The molecule has 1 unspecified atom stereocenters. The highest BCUT2D eigenvalue weighted by molar-refractivity contribution is 6.76. The van der Waals surface area contributed by atoms with Crippen molar-refractivity contribution in [3.63, 3.8) is 0 Å². The summed E-state index contributed by atoms with van der Waals surface area (Å²) in [7, 11) is -1.23. The van der Waals surface area contributed by atoms with Crippen LogP contribution in [0.3, 0.4) is 0 Å². The molecule has 0 bridgehead atoms. The molecule has 13 heteroatoms. The molecular weight excluding hydrogens is 603 g/mol. The molecule has 42 heavy (non-hydrogen) atoms. The topological polar surface area (TPSA) is 104 Å². The summed E-state index contributed by atoms with van der Waals surface area (Å²) in [5.41, 5.74) is -0.949. The largest absolute Gasteiger partial charge is 0.534 e. The second kappa shape index (κ2) is 15.0. The minimum atomic E-state index is -1.23. The van der Waals surface area contributed by atoms with Gasteiger partial charge in [0.2, 0.25) is 5.91 Å². The van der Waals surface area contributed by atoms with E-state index in [0.717, 1.165) is 11.1 Å². The van der Waals surface area contributed by atoms with Crippen LogP contribution in [0.25, 0.3) is 0 Å². The molecule has 0 aliphatic carbocycles. The minimum Gasteiger partial charge on any atom is -0.467 e. The van der Waals surface area contributed by atoms with Gasteiger partial charge in [0.15, 0.2) is 6.79 Å². The summed E-state index contributed by atoms with van der Waals surface area (Å²) >= 11 is 12.9. The SMILES string of the molecule is CC(C)(C)OC(=O)ON(CCCN1CC(c2c(OCOCC[Si](C)(C)C)ccc(Cl)c2Cl)CC1=O)C(=O)OC(C)(C)C. The Hall–Kier alpha value is -2.21. The van der Waals surface area contributed by atoms with E-state index in [4.69, 9.17) is 47.0 Å². The van der Waals surface area contributed by atoms with Gasteiger partial charge < -0.3 is 28.7 Å². The van der Waals surface area contributed by atoms with Crippen LogP contribution in [0, 0.1) is 0 Å². The molecule has 1 aliphatic rings. The Kier molecular flexibility index (Phi) is 12.8. The van der Waals surface area contributed by atoms with E-state index in [9.17, 15) is 14.4 Å². The van der Waals surface area contributed by atoms with Gasteiger partial charge in [-0.1, -0.05) is 42.8 Å². The molecule has 0 aromatic heterocycles. The first kappa shape index (κ1) is 36.0. The number of hydroxylamine groups is 2. The molecule has 238 valence electrons. The first-order valence-corrected chi connectivity index (χ1v) is 18.6. The fourth-order valence-corrected chi connectivity index (χ4v) is 5.26. The molecule has 2 rings (SSSR count). The molecule has 0 spiro atoms. The maximum atomic E-state index is 13.0. The van der Waals surface area contributed by atoms with Gasteiger partial charge in [-0.3, -0.25) is 4.79 Å². The molecule has 1 fully saturated rings. The first-order valence-electron chi connectivity index (χ1n) is 14.1. The Bertz CT molecular complexity index is 1100. The smallest absolute Gasteiger partial charge is 0.467 e. The summed E-state index contributed by atoms with van der Waals surface area (Å²) in [4.78, 5) is 44.8. The van der Waals surface area contributed by atoms with Gasteiger partial charge in [-0.2, -0.15) is 0 Å². The van der Waals surface area contributed by atoms with Crippen LogP contribution in [-0.4, -0.2) is 80.4 Å². The number of hydrogen-bond donors (Lipinski definition) is 0. The maximum Gasteiger partial charge on any atom is 0.534 e. The Morgan fingerprint density at radius 3 is 2.29 bits per heavy atom. The number of likely N-dealkylation sites (tertiary alicyclic amines) is 1. The molecule has 1 heterocycles. The van der Waals surface area contributed by atoms with Crippen LogP contribution in [0.1, 0.15) is 65.9 Å². The predicted octanol–water partition coefficient (Wildman–Crippen LogP) is 7.49. The van der Waals surface area contributed by atoms with Gasteiger partial charge in [0.1, 0.15) is 17.0 Å². The molecule has 1 aliphatic heterocycles. The molecule has 1 aromatic carbocycles. The lowest BCUT2D eigenvalue weighted by Gasteiger charge is -2.27. The lowest BCUT2D eigenvalue weighted by Crippen LogP contribution is -2.41. The lowest BCUT2D eigenvalue weighted by molar-refractivity contribution is -0.138. The zero-order valence-electron chi connectivity index (χ0n) is 26.3. The van der Waals surface area contributed by atoms with E-state index in [-0.39, 0.29) is 31.6 Å². The van der Waals surface area contributed by atoms with Crippen LogP contribution in [0.2, 0.25) is 35.7 Å². The van der Waals surface area contributed by atoms with Crippen molar-refractivity contribution in [2.24, 2.45) is 0 Å². The number of carbonyl (C=O) groups excluding carboxylic acids is 3. The number of nitrogens with zero attached hydrogens (tertiary/aromatic N) is 2. The zero-order valence-corrected chi connectivity index (χ0v) is 28.8. The standard InChI is InChI=1S/C29H46Cl2N2O8Si/c1-28(2,3)39-26(35)33(41-27(36)40-29(4,5)6)14-10-13-32-18-20(17-23(32)34)24-22(12-11-21(30)25(24)31)38-19-37-15-16-42(7,8)9/h11-12,20H,10,13-19H2,1-9H3. The Labute approximate surface area is 260 Å². The monoisotopic (exact) mass is 648 g/mol. The molecule has 0 N–H and O–H groups in total. The van der Waals surface area contributed by atoms with Crippen molar-refractivity contribution in [2.45, 2.75) is 97.2 Å². The van der Waals surface area contributed by atoms with E-state index >= 15 is 0 Å². The molecule has 2 amide bonds. The summed E-state index contributed by atoms with van der Waals surface area (Å²) in [6.45, 7) is 18.4. The molecule has 0 radical (unpaired) electrons. The molecule has 1 saturated heterocycles. The number of rotatable bonds is 11. The molecule has 1 aromatic rings. The number of hydrogen-bond acceptors (Lipinski definition) is 8. The third-order valence-electron chi connectivity index (χ3n) is 5.97. The van der Waals surface area contributed by atoms with E-state index < -0.39 is 31.5 Å². The van der Waals surface area contributed by atoms with Crippen molar-refractivity contribution in [1.29, 1.82) is 0 Å². The predicted molar refractivity (Wildman–Crippen MR) is 165 cm³/mol. The molecule has 0 saturated carbocycles. The number of carbonyl (C=O) groups is 3. The van der Waals surface area contributed by atoms with Crippen molar-refractivity contribution < 1.29 is 38.2 Å². The Morgan fingerprint density at radius 2 is 1.69 bits per heavy atom. The second-order valence-electron chi connectivity index (χ2n) is 13.5. The van der Waals surface area contributed by atoms with Crippen molar-refractivity contribution in [2.75, 3.05) is 33.0 Å². The van der Waals surface area contributed by atoms with Gasteiger partial charge in [-0.15, -0.1) is 5.06 Å². The molecular formula is C29H46Cl2N2O8Si. The second-order valence-corrected chi connectivity index (χ2v) is 19.9. The Balaban J connectivity index is 2.05. The van der Waals surface area contributed by atoms with Gasteiger partial charge in [0, 0.05) is 45.7 Å². The highest BCUT2D eigenvalue weighted by Crippen LogP contribution is 2.42. The van der Waals surface area contributed by atoms with E-state index in [1.54, 1.807) is 58.6 Å². The highest BCUT2D eigenvalue weighted by Gasteiger charge is 2.35. The van der Waals surface area contributed by atoms with Crippen LogP contribution < -0.4 is 4.74 Å². The first-order chi connectivity index (χ1) is 19.3. The quantitative estimate of drug-likeness (QED) is 0.0799. The summed E-state index contributed by atoms with van der Waals surface area (Å²) < 4.78 is 22.2. The summed E-state index contributed by atoms with van der Waals surface area (Å²) in [5, 5.41) is 1.54. The average molecular weight is 650 g/mol. The van der Waals surface area contributed by atoms with Gasteiger partial charge in [-0.25, -0.2) is 9.59 Å². The van der Waals surface area contributed by atoms with Crippen molar-refractivity contribution >= 4 is 49.4 Å². The van der Waals surface area contributed by atoms with E-state index in [2.05, 4.69) is 19.6 Å². The van der Waals surface area contributed by atoms with Gasteiger partial charge in [0.05, 0.1) is 16.6 Å². The summed E-state index contributed by atoms with van der Waals surface area (Å²) in [6, 6.07) is 4.42. The van der Waals surface area contributed by atoms with Crippen LogP contribution in [-0.2, 0) is 23.8 Å². The maximum absolute atomic E-state index is 13.0. The van der Waals surface area contributed by atoms with Crippen LogP contribution in [0.15, 0.2) is 12.1 Å². The molecule has 1 atom stereocenters. The third-order valence-corrected chi connectivity index (χ3v) is 8.49. The number of ether oxygens (including phenoxy) is 4. The van der Waals surface area contributed by atoms with Gasteiger partial charge >= 0.3 is 12.2 Å². The Morgan fingerprint density at radius 1 is 1.05 bits per heavy atom. The molecule has 10 nitrogen and oxygen atoms in total. The number of amides is 2. The van der Waals surface area contributed by atoms with Crippen LogP contribution in [0.5, 0.6) is 5.75 Å². The van der Waals surface area contributed by atoms with Crippen molar-refractivity contribution in [3.8, 4) is 5.75 Å². The van der Waals surface area contributed by atoms with Crippen LogP contribution >= 0.6 is 23.2 Å². The normalized spacial score (nSPS) is 15.9. The average Bonchev–Trinajstić information content (AvgIpc) is 3.17. The van der Waals surface area contributed by atoms with Crippen LogP contribution in [0.4, 0.5) is 9.59 Å². The fraction of sp³-hybridized carbons (Fsp3) is 0.690. The zero-order chi connectivity index (χ0) is 31.9. The van der Waals surface area contributed by atoms with E-state index in [0.29, 0.717) is 47.5 Å². The minimum absolute atomic E-state index is 0.0103. The van der Waals surface area contributed by atoms with Crippen molar-refractivity contribution in [1.82, 2.24) is 9.96 Å². The fourth-order valence-electron chi connectivity index (χ4n) is 4.03.